The van der Waals surface area contributed by atoms with Crippen LogP contribution in [-0.2, 0) is 9.59 Å². The van der Waals surface area contributed by atoms with Crippen LogP contribution in [0, 0.1) is 18.3 Å². The van der Waals surface area contributed by atoms with E-state index in [2.05, 4.69) is 0 Å². The van der Waals surface area contributed by atoms with Crippen molar-refractivity contribution in [3.05, 3.63) is 41.5 Å². The third kappa shape index (κ3) is 3.95. The van der Waals surface area contributed by atoms with Gasteiger partial charge in [-0.3, -0.25) is 9.59 Å². The van der Waals surface area contributed by atoms with Crippen LogP contribution in [0.25, 0.3) is 6.08 Å². The molecule has 5 heteroatoms. The molecule has 5 nitrogen and oxygen atoms in total. The lowest BCUT2D eigenvalue weighted by Crippen LogP contribution is -2.50. The average Bonchev–Trinajstić information content (AvgIpc) is 2.54. The number of hydrogen-bond donors (Lipinski definition) is 0. The number of rotatable bonds is 3. The number of piperazine rings is 1. The van der Waals surface area contributed by atoms with E-state index in [1.54, 1.807) is 15.9 Å². The molecule has 2 rings (SSSR count). The Morgan fingerprint density at radius 3 is 2.45 bits per heavy atom. The van der Waals surface area contributed by atoms with E-state index in [0.29, 0.717) is 26.2 Å². The summed E-state index contributed by atoms with van der Waals surface area (Å²) >= 11 is 0. The molecule has 1 aromatic rings. The molecule has 0 N–H and O–H groups in total. The lowest BCUT2D eigenvalue weighted by molar-refractivity contribution is -0.136. The molecule has 2 amide bonds. The molecule has 0 spiro atoms. The fraction of sp³-hybridized carbons (Fsp3) is 0.353. The molecule has 1 heterocycles. The molecule has 0 saturated carbocycles. The Labute approximate surface area is 130 Å². The molecule has 114 valence electrons. The highest BCUT2D eigenvalue weighted by molar-refractivity contribution is 5.92. The summed E-state index contributed by atoms with van der Waals surface area (Å²) in [5, 5.41) is 8.54. The van der Waals surface area contributed by atoms with Crippen LogP contribution >= 0.6 is 0 Å². The van der Waals surface area contributed by atoms with Gasteiger partial charge in [-0.05, 0) is 24.1 Å². The minimum absolute atomic E-state index is 0.0457. The van der Waals surface area contributed by atoms with Gasteiger partial charge in [0.05, 0.1) is 6.07 Å². The summed E-state index contributed by atoms with van der Waals surface area (Å²) in [6.07, 6.45) is 3.31. The van der Waals surface area contributed by atoms with Crippen LogP contribution in [0.5, 0.6) is 0 Å². The van der Waals surface area contributed by atoms with Crippen molar-refractivity contribution in [2.45, 2.75) is 13.3 Å². The van der Waals surface area contributed by atoms with E-state index in [0.717, 1.165) is 11.1 Å². The largest absolute Gasteiger partial charge is 0.338 e. The summed E-state index contributed by atoms with van der Waals surface area (Å²) in [5.41, 5.74) is 2.15. The van der Waals surface area contributed by atoms with Crippen LogP contribution in [0.4, 0.5) is 0 Å². The second-order valence-corrected chi connectivity index (χ2v) is 5.23. The van der Waals surface area contributed by atoms with Crippen molar-refractivity contribution in [2.75, 3.05) is 26.2 Å². The highest BCUT2D eigenvalue weighted by Crippen LogP contribution is 2.10. The number of nitrogens with zero attached hydrogens (tertiary/aromatic N) is 3. The number of aryl methyl sites for hydroxylation is 1. The predicted molar refractivity (Wildman–Crippen MR) is 83.6 cm³/mol. The summed E-state index contributed by atoms with van der Waals surface area (Å²) < 4.78 is 0. The molecule has 1 fully saturated rings. The maximum atomic E-state index is 12.2. The predicted octanol–water partition coefficient (Wildman–Crippen LogP) is 1.59. The molecule has 0 aliphatic carbocycles. The number of hydrogen-bond acceptors (Lipinski definition) is 3. The second kappa shape index (κ2) is 7.41. The zero-order valence-corrected chi connectivity index (χ0v) is 12.7. The maximum Gasteiger partial charge on any atom is 0.246 e. The maximum absolute atomic E-state index is 12.2. The van der Waals surface area contributed by atoms with E-state index in [-0.39, 0.29) is 18.2 Å². The van der Waals surface area contributed by atoms with Crippen LogP contribution in [-0.4, -0.2) is 47.8 Å². The van der Waals surface area contributed by atoms with Gasteiger partial charge in [0.2, 0.25) is 11.8 Å². The van der Waals surface area contributed by atoms with Crippen LogP contribution < -0.4 is 0 Å². The summed E-state index contributed by atoms with van der Waals surface area (Å²) in [4.78, 5) is 27.1. The number of benzene rings is 1. The second-order valence-electron chi connectivity index (χ2n) is 5.23. The first-order valence-corrected chi connectivity index (χ1v) is 7.29. The number of nitriles is 1. The van der Waals surface area contributed by atoms with Crippen molar-refractivity contribution in [3.63, 3.8) is 0 Å². The third-order valence-electron chi connectivity index (χ3n) is 3.77. The first-order chi connectivity index (χ1) is 10.6. The van der Waals surface area contributed by atoms with Crippen LogP contribution in [0.3, 0.4) is 0 Å². The molecule has 1 aliphatic heterocycles. The lowest BCUT2D eigenvalue weighted by atomic mass is 10.1. The smallest absolute Gasteiger partial charge is 0.246 e. The summed E-state index contributed by atoms with van der Waals surface area (Å²) in [6.45, 7) is 4.00. The Morgan fingerprint density at radius 2 is 1.82 bits per heavy atom. The quantitative estimate of drug-likeness (QED) is 0.796. The first-order valence-electron chi connectivity index (χ1n) is 7.29. The molecule has 1 aromatic carbocycles. The Hall–Kier alpha value is -2.61. The molecule has 0 atom stereocenters. The van der Waals surface area contributed by atoms with Gasteiger partial charge in [0, 0.05) is 32.3 Å². The van der Waals surface area contributed by atoms with Gasteiger partial charge in [0.15, 0.2) is 0 Å². The van der Waals surface area contributed by atoms with Crippen molar-refractivity contribution in [1.29, 1.82) is 5.26 Å². The number of amides is 2. The standard InChI is InChI=1S/C17H19N3O2/c1-14-4-2-3-5-15(14)6-7-16(21)19-10-12-20(13-11-19)17(22)8-9-18/h2-7H,8,10-13H2,1H3/b7-6+. The zero-order valence-electron chi connectivity index (χ0n) is 12.7. The van der Waals surface area contributed by atoms with E-state index in [9.17, 15) is 9.59 Å². The van der Waals surface area contributed by atoms with E-state index < -0.39 is 0 Å². The molecule has 22 heavy (non-hydrogen) atoms. The number of carbonyl (C=O) groups excluding carboxylic acids is 2. The van der Waals surface area contributed by atoms with Gasteiger partial charge >= 0.3 is 0 Å². The average molecular weight is 297 g/mol. The SMILES string of the molecule is Cc1ccccc1/C=C/C(=O)N1CCN(C(=O)CC#N)CC1. The van der Waals surface area contributed by atoms with Gasteiger partial charge in [-0.2, -0.15) is 5.26 Å². The highest BCUT2D eigenvalue weighted by Gasteiger charge is 2.22. The molecule has 0 radical (unpaired) electrons. The highest BCUT2D eigenvalue weighted by atomic mass is 16.2. The fourth-order valence-electron chi connectivity index (χ4n) is 2.40. The van der Waals surface area contributed by atoms with Crippen molar-refractivity contribution >= 4 is 17.9 Å². The van der Waals surface area contributed by atoms with E-state index in [4.69, 9.17) is 5.26 Å². The van der Waals surface area contributed by atoms with Gasteiger partial charge in [-0.15, -0.1) is 0 Å². The van der Waals surface area contributed by atoms with Crippen LogP contribution in [0.2, 0.25) is 0 Å². The Kier molecular flexibility index (Phi) is 5.31. The minimum atomic E-state index is -0.162. The van der Waals surface area contributed by atoms with Crippen molar-refractivity contribution < 1.29 is 9.59 Å². The van der Waals surface area contributed by atoms with Crippen molar-refractivity contribution in [3.8, 4) is 6.07 Å². The molecular weight excluding hydrogens is 278 g/mol. The summed E-state index contributed by atoms with van der Waals surface area (Å²) in [5.74, 6) is -0.208. The van der Waals surface area contributed by atoms with E-state index >= 15 is 0 Å². The Morgan fingerprint density at radius 1 is 1.18 bits per heavy atom. The zero-order chi connectivity index (χ0) is 15.9. The molecule has 1 saturated heterocycles. The third-order valence-corrected chi connectivity index (χ3v) is 3.77. The monoisotopic (exact) mass is 297 g/mol. The van der Waals surface area contributed by atoms with Gasteiger partial charge in [0.1, 0.15) is 6.42 Å². The van der Waals surface area contributed by atoms with Gasteiger partial charge in [-0.1, -0.05) is 24.3 Å². The molecular formula is C17H19N3O2. The molecule has 0 aromatic heterocycles. The van der Waals surface area contributed by atoms with E-state index in [1.807, 2.05) is 43.3 Å². The van der Waals surface area contributed by atoms with Crippen LogP contribution in [0.1, 0.15) is 17.5 Å². The van der Waals surface area contributed by atoms with Crippen molar-refractivity contribution in [1.82, 2.24) is 9.80 Å². The molecule has 0 bridgehead atoms. The van der Waals surface area contributed by atoms with Gasteiger partial charge < -0.3 is 9.80 Å². The first kappa shape index (κ1) is 15.8. The summed E-state index contributed by atoms with van der Waals surface area (Å²) in [6, 6.07) is 9.74. The summed E-state index contributed by atoms with van der Waals surface area (Å²) in [7, 11) is 0. The Bertz CT molecular complexity index is 623. The van der Waals surface area contributed by atoms with Crippen molar-refractivity contribution in [2.24, 2.45) is 0 Å². The normalized spacial score (nSPS) is 14.9. The van der Waals surface area contributed by atoms with Gasteiger partial charge in [-0.25, -0.2) is 0 Å². The fourth-order valence-corrected chi connectivity index (χ4v) is 2.40. The van der Waals surface area contributed by atoms with E-state index in [1.165, 1.54) is 0 Å². The Balaban J connectivity index is 1.89. The molecule has 0 unspecified atom stereocenters. The van der Waals surface area contributed by atoms with Gasteiger partial charge in [0.25, 0.3) is 0 Å². The van der Waals surface area contributed by atoms with Crippen LogP contribution in [0.15, 0.2) is 30.3 Å². The minimum Gasteiger partial charge on any atom is -0.338 e. The topological polar surface area (TPSA) is 64.4 Å². The lowest BCUT2D eigenvalue weighted by Gasteiger charge is -2.33. The number of carbonyl (C=O) groups is 2. The molecule has 1 aliphatic rings.